The molecule has 2 N–H and O–H groups in total. The van der Waals surface area contributed by atoms with E-state index in [2.05, 4.69) is 9.40 Å². The van der Waals surface area contributed by atoms with Crippen molar-refractivity contribution < 1.29 is 22.4 Å². The van der Waals surface area contributed by atoms with E-state index in [0.717, 1.165) is 0 Å². The highest BCUT2D eigenvalue weighted by molar-refractivity contribution is 5.96. The van der Waals surface area contributed by atoms with Crippen molar-refractivity contribution in [2.75, 3.05) is 5.32 Å². The van der Waals surface area contributed by atoms with Crippen molar-refractivity contribution in [1.82, 2.24) is 4.98 Å². The number of fused-ring (bicyclic) bond motifs is 1. The molecule has 1 aromatic carbocycles. The van der Waals surface area contributed by atoms with E-state index in [1.807, 2.05) is 0 Å². The second-order valence-corrected chi connectivity index (χ2v) is 3.18. The number of carbonyl (C=O) groups is 1. The number of oxazole rings is 1. The van der Waals surface area contributed by atoms with Gasteiger partial charge >= 0.3 is 17.8 Å². The molecule has 0 radical (unpaired) electrons. The minimum Gasteiger partial charge on any atom is -0.408 e. The van der Waals surface area contributed by atoms with Crippen LogP contribution in [0, 0.1) is 0 Å². The van der Waals surface area contributed by atoms with Crippen LogP contribution in [0.5, 0.6) is 0 Å². The van der Waals surface area contributed by atoms with Gasteiger partial charge in [0, 0.05) is 5.69 Å². The van der Waals surface area contributed by atoms with Crippen molar-refractivity contribution in [1.29, 1.82) is 0 Å². The quantitative estimate of drug-likeness (QED) is 0.802. The number of nitrogens with one attached hydrogen (secondary N) is 2. The second kappa shape index (κ2) is 3.65. The summed E-state index contributed by atoms with van der Waals surface area (Å²) in [6.07, 6.45) is -4.96. The molecule has 0 unspecified atom stereocenters. The van der Waals surface area contributed by atoms with Crippen LogP contribution in [-0.2, 0) is 4.79 Å². The Morgan fingerprint density at radius 2 is 2.06 bits per heavy atom. The summed E-state index contributed by atoms with van der Waals surface area (Å²) in [5.74, 6) is -2.80. The number of rotatable bonds is 1. The van der Waals surface area contributed by atoms with E-state index in [9.17, 15) is 22.8 Å². The first kappa shape index (κ1) is 11.2. The van der Waals surface area contributed by atoms with Gasteiger partial charge in [0.2, 0.25) is 0 Å². The number of H-pyrrole nitrogens is 1. The number of halogens is 3. The highest BCUT2D eigenvalue weighted by Gasteiger charge is 2.38. The molecule has 0 saturated heterocycles. The maximum atomic E-state index is 12.0. The Morgan fingerprint density at radius 3 is 2.71 bits per heavy atom. The summed E-state index contributed by atoms with van der Waals surface area (Å²) >= 11 is 0. The molecule has 1 aromatic heterocycles. The molecule has 0 aliphatic carbocycles. The molecule has 2 rings (SSSR count). The molecule has 0 bridgehead atoms. The van der Waals surface area contributed by atoms with Gasteiger partial charge in [0.25, 0.3) is 0 Å². The summed E-state index contributed by atoms with van der Waals surface area (Å²) in [5, 5.41) is 1.66. The average molecular weight is 246 g/mol. The largest absolute Gasteiger partial charge is 0.471 e. The molecule has 90 valence electrons. The molecule has 0 spiro atoms. The maximum absolute atomic E-state index is 12.0. The fraction of sp³-hybridized carbons (Fsp3) is 0.111. The number of benzene rings is 1. The first-order valence-corrected chi connectivity index (χ1v) is 4.37. The van der Waals surface area contributed by atoms with Crippen LogP contribution in [0.1, 0.15) is 0 Å². The maximum Gasteiger partial charge on any atom is 0.471 e. The topological polar surface area (TPSA) is 75.1 Å². The summed E-state index contributed by atoms with van der Waals surface area (Å²) in [6.45, 7) is 0. The Bertz CT molecular complexity index is 626. The molecule has 0 atom stereocenters. The van der Waals surface area contributed by atoms with E-state index in [0.29, 0.717) is 0 Å². The zero-order valence-electron chi connectivity index (χ0n) is 8.09. The Kier molecular flexibility index (Phi) is 2.41. The van der Waals surface area contributed by atoms with Gasteiger partial charge in [0.1, 0.15) is 0 Å². The highest BCUT2D eigenvalue weighted by Crippen LogP contribution is 2.20. The van der Waals surface area contributed by atoms with Gasteiger partial charge in [-0.05, 0) is 18.2 Å². The highest BCUT2D eigenvalue weighted by atomic mass is 19.4. The molecule has 0 saturated carbocycles. The van der Waals surface area contributed by atoms with Gasteiger partial charge in [0.15, 0.2) is 5.58 Å². The van der Waals surface area contributed by atoms with Crippen molar-refractivity contribution >= 4 is 22.7 Å². The van der Waals surface area contributed by atoms with Gasteiger partial charge < -0.3 is 9.73 Å². The van der Waals surface area contributed by atoms with E-state index in [1.165, 1.54) is 18.2 Å². The SMILES string of the molecule is O=C(Nc1ccc2oc(=O)[nH]c2c1)C(F)(F)F. The number of hydrogen-bond donors (Lipinski definition) is 2. The Balaban J connectivity index is 2.31. The first-order valence-electron chi connectivity index (χ1n) is 4.37. The minimum atomic E-state index is -4.96. The van der Waals surface area contributed by atoms with Crippen molar-refractivity contribution in [3.63, 3.8) is 0 Å². The zero-order valence-corrected chi connectivity index (χ0v) is 8.09. The molecule has 0 aliphatic heterocycles. The number of amides is 1. The predicted octanol–water partition coefficient (Wildman–Crippen LogP) is 1.62. The van der Waals surface area contributed by atoms with E-state index in [-0.39, 0.29) is 16.8 Å². The minimum absolute atomic E-state index is 0.0862. The Hall–Kier alpha value is -2.25. The standard InChI is InChI=1S/C9H5F3N2O3/c10-9(11,12)7(15)13-4-1-2-6-5(3-4)14-8(16)17-6/h1-3H,(H,13,15)(H,14,16). The fourth-order valence-corrected chi connectivity index (χ4v) is 1.23. The van der Waals surface area contributed by atoms with Crippen molar-refractivity contribution in [2.45, 2.75) is 6.18 Å². The predicted molar refractivity (Wildman–Crippen MR) is 51.5 cm³/mol. The van der Waals surface area contributed by atoms with Crippen LogP contribution in [0.2, 0.25) is 0 Å². The molecule has 5 nitrogen and oxygen atoms in total. The lowest BCUT2D eigenvalue weighted by Crippen LogP contribution is -2.29. The molecular weight excluding hydrogens is 241 g/mol. The van der Waals surface area contributed by atoms with Gasteiger partial charge in [-0.3, -0.25) is 9.78 Å². The summed E-state index contributed by atoms with van der Waals surface area (Å²) in [4.78, 5) is 23.7. The third kappa shape index (κ3) is 2.30. The fourth-order valence-electron chi connectivity index (χ4n) is 1.23. The monoisotopic (exact) mass is 246 g/mol. The number of carbonyl (C=O) groups excluding carboxylic acids is 1. The van der Waals surface area contributed by atoms with Gasteiger partial charge in [-0.15, -0.1) is 0 Å². The van der Waals surface area contributed by atoms with E-state index >= 15 is 0 Å². The number of aromatic nitrogens is 1. The molecule has 1 heterocycles. The lowest BCUT2D eigenvalue weighted by molar-refractivity contribution is -0.167. The van der Waals surface area contributed by atoms with Crippen molar-refractivity contribution in [3.05, 3.63) is 28.7 Å². The molecule has 1 amide bonds. The molecule has 0 aliphatic rings. The van der Waals surface area contributed by atoms with Crippen LogP contribution in [0.3, 0.4) is 0 Å². The smallest absolute Gasteiger partial charge is 0.408 e. The number of hydrogen-bond acceptors (Lipinski definition) is 3. The summed E-state index contributed by atoms with van der Waals surface area (Å²) in [5.41, 5.74) is 0.312. The molecule has 8 heteroatoms. The molecular formula is C9H5F3N2O3. The number of alkyl halides is 3. The summed E-state index contributed by atoms with van der Waals surface area (Å²) < 4.78 is 40.5. The third-order valence-corrected chi connectivity index (χ3v) is 1.93. The van der Waals surface area contributed by atoms with Crippen LogP contribution < -0.4 is 11.1 Å². The van der Waals surface area contributed by atoms with E-state index in [4.69, 9.17) is 0 Å². The number of aromatic amines is 1. The van der Waals surface area contributed by atoms with Crippen LogP contribution >= 0.6 is 0 Å². The van der Waals surface area contributed by atoms with Crippen LogP contribution in [0.15, 0.2) is 27.4 Å². The normalized spacial score (nSPS) is 11.7. The zero-order chi connectivity index (χ0) is 12.6. The summed E-state index contributed by atoms with van der Waals surface area (Å²) in [6, 6.07) is 3.64. The van der Waals surface area contributed by atoms with Gasteiger partial charge in [-0.25, -0.2) is 4.79 Å². The van der Waals surface area contributed by atoms with Crippen LogP contribution in [-0.4, -0.2) is 17.1 Å². The van der Waals surface area contributed by atoms with Gasteiger partial charge in [-0.1, -0.05) is 0 Å². The Morgan fingerprint density at radius 1 is 1.35 bits per heavy atom. The second-order valence-electron chi connectivity index (χ2n) is 3.18. The molecule has 17 heavy (non-hydrogen) atoms. The van der Waals surface area contributed by atoms with Gasteiger partial charge in [0.05, 0.1) is 5.52 Å². The first-order chi connectivity index (χ1) is 7.86. The molecule has 0 fully saturated rings. The van der Waals surface area contributed by atoms with Crippen molar-refractivity contribution in [3.8, 4) is 0 Å². The Labute approximate surface area is 91.2 Å². The van der Waals surface area contributed by atoms with Gasteiger partial charge in [-0.2, -0.15) is 13.2 Å². The lowest BCUT2D eigenvalue weighted by Gasteiger charge is -2.07. The van der Waals surface area contributed by atoms with Crippen LogP contribution in [0.25, 0.3) is 11.1 Å². The van der Waals surface area contributed by atoms with Crippen molar-refractivity contribution in [2.24, 2.45) is 0 Å². The summed E-state index contributed by atoms with van der Waals surface area (Å²) in [7, 11) is 0. The molecule has 2 aromatic rings. The van der Waals surface area contributed by atoms with E-state index < -0.39 is 17.8 Å². The lowest BCUT2D eigenvalue weighted by atomic mass is 10.3. The average Bonchev–Trinajstić information content (AvgIpc) is 2.55. The van der Waals surface area contributed by atoms with Crippen LogP contribution in [0.4, 0.5) is 18.9 Å². The van der Waals surface area contributed by atoms with E-state index in [1.54, 1.807) is 5.32 Å². The number of anilines is 1. The third-order valence-electron chi connectivity index (χ3n) is 1.93.